The standard InChI is InChI=1S/C44H79N9O13/c1-14-25(9)34(49-31(56)21-47-43(66)44(12,19-23(5)6)52-37(59)28(45)16-17-32(57)58)38(60)46-20-30(55)50-35(26(10)15-2)39(61)48-29(18-22(3)4)41(63)53(13)36(27(11)54)40(62)51-33(24(7)8)42(64)65/h22-29,33-36,54H,14-21,45H2,1-13H3,(H,46,60)(H,47,66)(H,48,61)(H,49,56)(H,50,55)(H,51,62)(H,52,59)(H,57,58)(H,64,65)/t25-,26-,27+,28-,29-,33-,34-,35-,36-,44+/m0/s1. The lowest BCUT2D eigenvalue weighted by molar-refractivity contribution is -0.149. The molecule has 0 fully saturated rings. The fourth-order valence-electron chi connectivity index (χ4n) is 7.09. The van der Waals surface area contributed by atoms with Gasteiger partial charge in [-0.1, -0.05) is 82.1 Å². The molecule has 0 heterocycles. The van der Waals surface area contributed by atoms with Gasteiger partial charge in [0.15, 0.2) is 0 Å². The van der Waals surface area contributed by atoms with Crippen LogP contribution < -0.4 is 43.0 Å². The van der Waals surface area contributed by atoms with E-state index in [1.807, 2.05) is 13.8 Å². The number of amides is 8. The Morgan fingerprint density at radius 3 is 1.58 bits per heavy atom. The first kappa shape index (κ1) is 60.6. The molecule has 22 heteroatoms. The van der Waals surface area contributed by atoms with Crippen LogP contribution in [0.3, 0.4) is 0 Å². The van der Waals surface area contributed by atoms with Gasteiger partial charge in [0.2, 0.25) is 47.3 Å². The summed E-state index contributed by atoms with van der Waals surface area (Å²) >= 11 is 0. The number of aliphatic carboxylic acids is 2. The second kappa shape index (κ2) is 28.6. The second-order valence-corrected chi connectivity index (χ2v) is 18.6. The zero-order valence-electron chi connectivity index (χ0n) is 41.0. The van der Waals surface area contributed by atoms with Crippen LogP contribution in [0, 0.1) is 29.6 Å². The summed E-state index contributed by atoms with van der Waals surface area (Å²) in [5.74, 6) is -10.3. The number of carbonyl (C=O) groups is 10. The Kier molecular flexibility index (Phi) is 26.3. The van der Waals surface area contributed by atoms with E-state index < -0.39 is 138 Å². The van der Waals surface area contributed by atoms with Crippen molar-refractivity contribution in [3.05, 3.63) is 0 Å². The summed E-state index contributed by atoms with van der Waals surface area (Å²) in [4.78, 5) is 131. The summed E-state index contributed by atoms with van der Waals surface area (Å²) in [5, 5.41) is 46.9. The first-order valence-corrected chi connectivity index (χ1v) is 22.7. The van der Waals surface area contributed by atoms with E-state index in [9.17, 15) is 58.2 Å². The molecule has 0 spiro atoms. The van der Waals surface area contributed by atoms with E-state index in [4.69, 9.17) is 10.8 Å². The van der Waals surface area contributed by atoms with Gasteiger partial charge in [-0.05, 0) is 62.7 Å². The molecule has 0 aliphatic heterocycles. The first-order chi connectivity index (χ1) is 30.4. The van der Waals surface area contributed by atoms with Crippen molar-refractivity contribution in [3.63, 3.8) is 0 Å². The molecule has 0 bridgehead atoms. The maximum absolute atomic E-state index is 13.9. The minimum Gasteiger partial charge on any atom is -0.481 e. The van der Waals surface area contributed by atoms with Gasteiger partial charge in [0, 0.05) is 13.5 Å². The van der Waals surface area contributed by atoms with Gasteiger partial charge in [-0.15, -0.1) is 0 Å². The van der Waals surface area contributed by atoms with Crippen LogP contribution in [0.2, 0.25) is 0 Å². The van der Waals surface area contributed by atoms with E-state index in [0.29, 0.717) is 12.8 Å². The second-order valence-electron chi connectivity index (χ2n) is 18.6. The van der Waals surface area contributed by atoms with Crippen LogP contribution in [0.1, 0.15) is 122 Å². The highest BCUT2D eigenvalue weighted by atomic mass is 16.4. The SMILES string of the molecule is CC[C@H](C)[C@H](NC(=O)CNC(=O)[C@@](C)(CC(C)C)NC(=O)[C@@H](N)CCC(=O)O)C(=O)NCC(=O)N[C@H](C(=O)N[C@@H](CC(C)C)C(=O)N(C)[C@H](C(=O)N[C@H](C(=O)O)C(C)C)[C@@H](C)O)[C@@H](C)CC. The smallest absolute Gasteiger partial charge is 0.326 e. The van der Waals surface area contributed by atoms with E-state index in [1.165, 1.54) is 20.9 Å². The van der Waals surface area contributed by atoms with Crippen molar-refractivity contribution in [2.45, 2.75) is 170 Å². The van der Waals surface area contributed by atoms with Crippen molar-refractivity contribution < 1.29 is 63.3 Å². The molecule has 0 aromatic carbocycles. The Morgan fingerprint density at radius 1 is 0.652 bits per heavy atom. The molecule has 0 aromatic rings. The lowest BCUT2D eigenvalue weighted by Crippen LogP contribution is -2.62. The van der Waals surface area contributed by atoms with E-state index >= 15 is 0 Å². The number of aliphatic hydroxyl groups excluding tert-OH is 1. The number of nitrogens with one attached hydrogen (secondary N) is 7. The van der Waals surface area contributed by atoms with Gasteiger partial charge in [-0.25, -0.2) is 4.79 Å². The Balaban J connectivity index is 6.02. The fraction of sp³-hybridized carbons (Fsp3) is 0.773. The van der Waals surface area contributed by atoms with Crippen LogP contribution in [-0.2, 0) is 47.9 Å². The number of likely N-dealkylation sites (N-methyl/N-ethyl adjacent to an activating group) is 1. The van der Waals surface area contributed by atoms with Crippen LogP contribution in [0.5, 0.6) is 0 Å². The maximum atomic E-state index is 13.9. The average molecular weight is 942 g/mol. The molecular weight excluding hydrogens is 863 g/mol. The molecule has 0 saturated heterocycles. The molecule has 0 aliphatic carbocycles. The van der Waals surface area contributed by atoms with Crippen molar-refractivity contribution in [2.24, 2.45) is 35.3 Å². The molecule has 0 radical (unpaired) electrons. The largest absolute Gasteiger partial charge is 0.481 e. The molecule has 10 atom stereocenters. The molecule has 0 rings (SSSR count). The number of carboxylic acids is 2. The van der Waals surface area contributed by atoms with Crippen LogP contribution in [0.4, 0.5) is 0 Å². The summed E-state index contributed by atoms with van der Waals surface area (Å²) in [7, 11) is 1.25. The van der Waals surface area contributed by atoms with E-state index in [0.717, 1.165) is 4.90 Å². The van der Waals surface area contributed by atoms with Crippen LogP contribution in [-0.4, -0.2) is 147 Å². The Labute approximate surface area is 388 Å². The normalized spacial score (nSPS) is 16.4. The Bertz CT molecular complexity index is 1690. The van der Waals surface area contributed by atoms with Gasteiger partial charge in [0.05, 0.1) is 25.2 Å². The van der Waals surface area contributed by atoms with Crippen molar-refractivity contribution in [3.8, 4) is 0 Å². The van der Waals surface area contributed by atoms with Gasteiger partial charge in [0.1, 0.15) is 35.7 Å². The molecular formula is C44H79N9O13. The van der Waals surface area contributed by atoms with Crippen molar-refractivity contribution in [1.82, 2.24) is 42.1 Å². The highest BCUT2D eigenvalue weighted by Crippen LogP contribution is 2.19. The van der Waals surface area contributed by atoms with E-state index in [2.05, 4.69) is 37.2 Å². The number of nitrogens with zero attached hydrogens (tertiary/aromatic N) is 1. The molecule has 378 valence electrons. The van der Waals surface area contributed by atoms with Crippen LogP contribution in [0.25, 0.3) is 0 Å². The van der Waals surface area contributed by atoms with Crippen molar-refractivity contribution >= 4 is 59.2 Å². The topological polar surface area (TPSA) is 345 Å². The van der Waals surface area contributed by atoms with E-state index in [1.54, 1.807) is 55.4 Å². The van der Waals surface area contributed by atoms with E-state index in [-0.39, 0.29) is 37.5 Å². The summed E-state index contributed by atoms with van der Waals surface area (Å²) < 4.78 is 0. The van der Waals surface area contributed by atoms with Gasteiger partial charge < -0.3 is 63.2 Å². The van der Waals surface area contributed by atoms with Crippen LogP contribution >= 0.6 is 0 Å². The Morgan fingerprint density at radius 2 is 1.15 bits per heavy atom. The van der Waals surface area contributed by atoms with Gasteiger partial charge >= 0.3 is 11.9 Å². The fourth-order valence-corrected chi connectivity index (χ4v) is 7.09. The van der Waals surface area contributed by atoms with Gasteiger partial charge in [-0.2, -0.15) is 0 Å². The number of carboxylic acid groups (broad SMARTS) is 2. The number of nitrogens with two attached hydrogens (primary N) is 1. The number of hydrogen-bond acceptors (Lipinski definition) is 12. The number of hydrogen-bond donors (Lipinski definition) is 11. The maximum Gasteiger partial charge on any atom is 0.326 e. The predicted molar refractivity (Wildman–Crippen MR) is 244 cm³/mol. The minimum absolute atomic E-state index is 0.0924. The summed E-state index contributed by atoms with van der Waals surface area (Å²) in [6.07, 6.45) is -0.892. The highest BCUT2D eigenvalue weighted by molar-refractivity contribution is 5.97. The molecule has 0 aromatic heterocycles. The third-order valence-electron chi connectivity index (χ3n) is 11.2. The predicted octanol–water partition coefficient (Wildman–Crippen LogP) is -0.642. The zero-order valence-corrected chi connectivity index (χ0v) is 41.0. The first-order valence-electron chi connectivity index (χ1n) is 22.7. The molecule has 0 saturated carbocycles. The summed E-state index contributed by atoms with van der Waals surface area (Å²) in [6.45, 7) is 18.8. The molecule has 0 unspecified atom stereocenters. The molecule has 8 amide bonds. The molecule has 12 N–H and O–H groups in total. The van der Waals surface area contributed by atoms with Gasteiger partial charge in [-0.3, -0.25) is 43.2 Å². The van der Waals surface area contributed by atoms with Crippen molar-refractivity contribution in [1.29, 1.82) is 0 Å². The number of carbonyl (C=O) groups excluding carboxylic acids is 8. The van der Waals surface area contributed by atoms with Crippen LogP contribution in [0.15, 0.2) is 0 Å². The third-order valence-corrected chi connectivity index (χ3v) is 11.2. The quantitative estimate of drug-likeness (QED) is 0.0427. The summed E-state index contributed by atoms with van der Waals surface area (Å²) in [5.41, 5.74) is 4.33. The van der Waals surface area contributed by atoms with Gasteiger partial charge in [0.25, 0.3) is 0 Å². The lowest BCUT2D eigenvalue weighted by atomic mass is 9.89. The number of aliphatic hydroxyl groups is 1. The molecule has 66 heavy (non-hydrogen) atoms. The summed E-state index contributed by atoms with van der Waals surface area (Å²) in [6, 6.07) is -7.62. The molecule has 22 nitrogen and oxygen atoms in total. The number of rotatable bonds is 30. The monoisotopic (exact) mass is 942 g/mol. The zero-order chi connectivity index (χ0) is 51.4. The minimum atomic E-state index is -1.53. The third kappa shape index (κ3) is 20.4. The highest BCUT2D eigenvalue weighted by Gasteiger charge is 2.40. The average Bonchev–Trinajstić information content (AvgIpc) is 3.21. The lowest BCUT2D eigenvalue weighted by Gasteiger charge is -2.34. The van der Waals surface area contributed by atoms with Crippen molar-refractivity contribution in [2.75, 3.05) is 20.1 Å². The Hall–Kier alpha value is -5.38. The molecule has 0 aliphatic rings.